The van der Waals surface area contributed by atoms with Crippen LogP contribution in [-0.4, -0.2) is 25.5 Å². The van der Waals surface area contributed by atoms with Gasteiger partial charge in [0.1, 0.15) is 6.54 Å². The zero-order valence-corrected chi connectivity index (χ0v) is 16.2. The summed E-state index contributed by atoms with van der Waals surface area (Å²) in [5.74, 6) is -0.297. The lowest BCUT2D eigenvalue weighted by Gasteiger charge is -2.15. The first-order valence-electron chi connectivity index (χ1n) is 8.80. The van der Waals surface area contributed by atoms with Gasteiger partial charge in [0.05, 0.1) is 7.05 Å². The fourth-order valence-electron chi connectivity index (χ4n) is 2.98. The molecule has 1 unspecified atom stereocenters. The molecule has 2 aromatic carbocycles. The molecular weight excluding hydrogens is 326 g/mol. The van der Waals surface area contributed by atoms with Gasteiger partial charge in [-0.1, -0.05) is 41.5 Å². The van der Waals surface area contributed by atoms with Gasteiger partial charge in [-0.05, 0) is 44.9 Å². The van der Waals surface area contributed by atoms with Gasteiger partial charge in [0, 0.05) is 11.3 Å². The Balaban J connectivity index is 1.86. The first-order valence-corrected chi connectivity index (χ1v) is 8.80. The first-order chi connectivity index (χ1) is 12.2. The van der Waals surface area contributed by atoms with E-state index in [9.17, 15) is 9.59 Å². The molecule has 0 aromatic heterocycles. The molecule has 5 nitrogen and oxygen atoms in total. The number of hydrogen-bond acceptors (Lipinski definition) is 2. The van der Waals surface area contributed by atoms with Gasteiger partial charge in [0.25, 0.3) is 5.91 Å². The number of carbonyl (C=O) groups is 2. The SMILES string of the molecule is Cc1ccc(C[NH+](C)CC(=O)NC(=O)Nc2ccc(C)cc2C)c(C)c1. The standard InChI is InChI=1S/C21H27N3O2/c1-14-6-8-18(16(3)10-14)12-24(5)13-20(25)23-21(26)22-19-9-7-15(2)11-17(19)4/h6-11H,12-13H2,1-5H3,(H2,22,23,25,26)/p+1. The molecule has 0 radical (unpaired) electrons. The monoisotopic (exact) mass is 354 g/mol. The summed E-state index contributed by atoms with van der Waals surface area (Å²) in [6, 6.07) is 11.6. The molecule has 138 valence electrons. The largest absolute Gasteiger partial charge is 0.326 e. The number of aryl methyl sites for hydroxylation is 4. The Labute approximate surface area is 155 Å². The first kappa shape index (κ1) is 19.7. The summed E-state index contributed by atoms with van der Waals surface area (Å²) >= 11 is 0. The van der Waals surface area contributed by atoms with Crippen LogP contribution in [0.4, 0.5) is 10.5 Å². The van der Waals surface area contributed by atoms with Gasteiger partial charge in [0.2, 0.25) is 0 Å². The van der Waals surface area contributed by atoms with Crippen LogP contribution in [0.15, 0.2) is 36.4 Å². The Morgan fingerprint density at radius 1 is 0.923 bits per heavy atom. The van der Waals surface area contributed by atoms with Gasteiger partial charge in [-0.3, -0.25) is 10.1 Å². The van der Waals surface area contributed by atoms with Gasteiger partial charge < -0.3 is 10.2 Å². The highest BCUT2D eigenvalue weighted by atomic mass is 16.2. The van der Waals surface area contributed by atoms with E-state index in [2.05, 4.69) is 42.7 Å². The molecule has 0 saturated heterocycles. The minimum absolute atomic E-state index is 0.230. The van der Waals surface area contributed by atoms with Crippen molar-refractivity contribution < 1.29 is 14.5 Å². The molecule has 0 aliphatic rings. The van der Waals surface area contributed by atoms with Gasteiger partial charge in [-0.25, -0.2) is 4.79 Å². The van der Waals surface area contributed by atoms with Crippen LogP contribution in [0.25, 0.3) is 0 Å². The molecule has 0 heterocycles. The lowest BCUT2D eigenvalue weighted by atomic mass is 10.1. The smallest absolute Gasteiger partial charge is 0.326 e. The highest BCUT2D eigenvalue weighted by Gasteiger charge is 2.15. The molecule has 0 bridgehead atoms. The summed E-state index contributed by atoms with van der Waals surface area (Å²) in [7, 11) is 1.95. The van der Waals surface area contributed by atoms with E-state index >= 15 is 0 Å². The number of hydrogen-bond donors (Lipinski definition) is 3. The van der Waals surface area contributed by atoms with Crippen molar-refractivity contribution in [2.24, 2.45) is 0 Å². The number of rotatable bonds is 5. The highest BCUT2D eigenvalue weighted by Crippen LogP contribution is 2.15. The Bertz CT molecular complexity index is 815. The average Bonchev–Trinajstić information content (AvgIpc) is 2.52. The van der Waals surface area contributed by atoms with Crippen LogP contribution >= 0.6 is 0 Å². The maximum absolute atomic E-state index is 12.1. The third kappa shape index (κ3) is 5.70. The van der Waals surface area contributed by atoms with E-state index in [1.54, 1.807) is 0 Å². The number of amides is 3. The average molecular weight is 354 g/mol. The number of nitrogens with one attached hydrogen (secondary N) is 3. The van der Waals surface area contributed by atoms with Crippen molar-refractivity contribution in [1.82, 2.24) is 5.32 Å². The van der Waals surface area contributed by atoms with Crippen molar-refractivity contribution in [3.8, 4) is 0 Å². The summed E-state index contributed by atoms with van der Waals surface area (Å²) in [4.78, 5) is 25.2. The molecule has 3 amide bonds. The van der Waals surface area contributed by atoms with E-state index in [-0.39, 0.29) is 12.5 Å². The topological polar surface area (TPSA) is 62.6 Å². The second-order valence-electron chi connectivity index (χ2n) is 7.06. The van der Waals surface area contributed by atoms with E-state index in [4.69, 9.17) is 0 Å². The summed E-state index contributed by atoms with van der Waals surface area (Å²) in [6.07, 6.45) is 0. The van der Waals surface area contributed by atoms with E-state index in [0.717, 1.165) is 22.6 Å². The van der Waals surface area contributed by atoms with E-state index < -0.39 is 6.03 Å². The fraction of sp³-hybridized carbons (Fsp3) is 0.333. The number of carbonyl (C=O) groups excluding carboxylic acids is 2. The summed E-state index contributed by atoms with van der Waals surface area (Å²) in [6.45, 7) is 9.02. The number of benzene rings is 2. The third-order valence-electron chi connectivity index (χ3n) is 4.34. The maximum Gasteiger partial charge on any atom is 0.326 e. The number of likely N-dealkylation sites (N-methyl/N-ethyl adjacent to an activating group) is 1. The predicted octanol–water partition coefficient (Wildman–Crippen LogP) is 2.28. The summed E-state index contributed by atoms with van der Waals surface area (Å²) in [5.41, 5.74) is 6.45. The van der Waals surface area contributed by atoms with Crippen LogP contribution in [0.3, 0.4) is 0 Å². The predicted molar refractivity (Wildman–Crippen MR) is 104 cm³/mol. The normalized spacial score (nSPS) is 11.7. The van der Waals surface area contributed by atoms with Gasteiger partial charge in [0.15, 0.2) is 6.54 Å². The van der Waals surface area contributed by atoms with Crippen molar-refractivity contribution in [2.45, 2.75) is 34.2 Å². The molecule has 2 aromatic rings. The summed E-state index contributed by atoms with van der Waals surface area (Å²) < 4.78 is 0. The molecule has 0 saturated carbocycles. The molecule has 0 spiro atoms. The van der Waals surface area contributed by atoms with Crippen LogP contribution in [0.1, 0.15) is 27.8 Å². The van der Waals surface area contributed by atoms with Crippen LogP contribution < -0.4 is 15.5 Å². The van der Waals surface area contributed by atoms with Crippen molar-refractivity contribution >= 4 is 17.6 Å². The third-order valence-corrected chi connectivity index (χ3v) is 4.34. The zero-order chi connectivity index (χ0) is 19.3. The number of quaternary nitrogens is 1. The van der Waals surface area contributed by atoms with Crippen molar-refractivity contribution in [3.63, 3.8) is 0 Å². The molecule has 26 heavy (non-hydrogen) atoms. The lowest BCUT2D eigenvalue weighted by Crippen LogP contribution is -3.09. The van der Waals surface area contributed by atoms with Crippen molar-refractivity contribution in [1.29, 1.82) is 0 Å². The van der Waals surface area contributed by atoms with Gasteiger partial charge >= 0.3 is 6.03 Å². The van der Waals surface area contributed by atoms with E-state index in [1.807, 2.05) is 39.1 Å². The molecule has 5 heteroatoms. The molecule has 0 aliphatic heterocycles. The second kappa shape index (κ2) is 8.63. The molecule has 2 rings (SSSR count). The quantitative estimate of drug-likeness (QED) is 0.771. The summed E-state index contributed by atoms with van der Waals surface area (Å²) in [5, 5.41) is 5.13. The fourth-order valence-corrected chi connectivity index (χ4v) is 2.98. The number of imide groups is 1. The minimum Gasteiger partial charge on any atom is -0.326 e. The van der Waals surface area contributed by atoms with Crippen molar-refractivity contribution in [2.75, 3.05) is 18.9 Å². The van der Waals surface area contributed by atoms with Crippen LogP contribution in [0.5, 0.6) is 0 Å². The van der Waals surface area contributed by atoms with Gasteiger partial charge in [-0.2, -0.15) is 0 Å². The van der Waals surface area contributed by atoms with Crippen LogP contribution in [0, 0.1) is 27.7 Å². The Morgan fingerprint density at radius 3 is 2.15 bits per heavy atom. The second-order valence-corrected chi connectivity index (χ2v) is 7.06. The molecule has 0 fully saturated rings. The lowest BCUT2D eigenvalue weighted by molar-refractivity contribution is -0.885. The van der Waals surface area contributed by atoms with E-state index in [0.29, 0.717) is 5.69 Å². The maximum atomic E-state index is 12.1. The van der Waals surface area contributed by atoms with Crippen molar-refractivity contribution in [3.05, 3.63) is 64.2 Å². The molecule has 1 atom stereocenters. The van der Waals surface area contributed by atoms with Crippen LogP contribution in [-0.2, 0) is 11.3 Å². The zero-order valence-electron chi connectivity index (χ0n) is 16.2. The van der Waals surface area contributed by atoms with Crippen LogP contribution in [0.2, 0.25) is 0 Å². The minimum atomic E-state index is -0.499. The Morgan fingerprint density at radius 2 is 1.54 bits per heavy atom. The Hall–Kier alpha value is -2.66. The molecular formula is C21H28N3O2+. The number of urea groups is 1. The number of anilines is 1. The highest BCUT2D eigenvalue weighted by molar-refractivity contribution is 6.01. The molecule has 0 aliphatic carbocycles. The van der Waals surface area contributed by atoms with Gasteiger partial charge in [-0.15, -0.1) is 0 Å². The Kier molecular flexibility index (Phi) is 6.52. The molecule has 3 N–H and O–H groups in total. The van der Waals surface area contributed by atoms with E-state index in [1.165, 1.54) is 16.7 Å².